The van der Waals surface area contributed by atoms with Crippen LogP contribution in [0.4, 0.5) is 0 Å². The standard InChI is InChI=1S/C20H16O2S4/c1-21-15-7-3-13(4-8-15)17-11-23-19(25-17)20-24-12-18(26-20)14-5-9-16(22-2)10-6-14/h3-12H,1-2H3/b20-19+. The summed E-state index contributed by atoms with van der Waals surface area (Å²) in [5.74, 6) is 1.78. The Morgan fingerprint density at radius 1 is 0.577 bits per heavy atom. The molecule has 6 heteroatoms. The number of thioether (sulfide) groups is 4. The van der Waals surface area contributed by atoms with Gasteiger partial charge in [-0.1, -0.05) is 71.3 Å². The lowest BCUT2D eigenvalue weighted by Gasteiger charge is -2.06. The molecular weight excluding hydrogens is 400 g/mol. The molecule has 0 aromatic heterocycles. The van der Waals surface area contributed by atoms with Gasteiger partial charge >= 0.3 is 0 Å². The van der Waals surface area contributed by atoms with Gasteiger partial charge in [0.1, 0.15) is 11.5 Å². The summed E-state index contributed by atoms with van der Waals surface area (Å²) in [5, 5.41) is 4.47. The van der Waals surface area contributed by atoms with Crippen LogP contribution in [0.5, 0.6) is 11.5 Å². The van der Waals surface area contributed by atoms with Crippen molar-refractivity contribution >= 4 is 56.9 Å². The molecule has 0 radical (unpaired) electrons. The molecule has 2 aliphatic rings. The average molecular weight is 417 g/mol. The minimum absolute atomic E-state index is 0.888. The number of hydrogen-bond donors (Lipinski definition) is 0. The fraction of sp³-hybridized carbons (Fsp3) is 0.100. The molecule has 2 aromatic rings. The first-order valence-electron chi connectivity index (χ1n) is 7.89. The number of benzene rings is 2. The van der Waals surface area contributed by atoms with E-state index < -0.39 is 0 Å². The summed E-state index contributed by atoms with van der Waals surface area (Å²) in [7, 11) is 3.39. The molecule has 2 aromatic carbocycles. The Balaban J connectivity index is 1.45. The van der Waals surface area contributed by atoms with Gasteiger partial charge < -0.3 is 9.47 Å². The molecule has 2 heterocycles. The quantitative estimate of drug-likeness (QED) is 0.526. The van der Waals surface area contributed by atoms with E-state index in [9.17, 15) is 0 Å². The van der Waals surface area contributed by atoms with Crippen LogP contribution in [0, 0.1) is 0 Å². The summed E-state index contributed by atoms with van der Waals surface area (Å²) in [5.41, 5.74) is 2.46. The smallest absolute Gasteiger partial charge is 0.118 e. The molecule has 0 amide bonds. The fourth-order valence-electron chi connectivity index (χ4n) is 2.45. The molecule has 0 spiro atoms. The molecule has 26 heavy (non-hydrogen) atoms. The molecule has 0 saturated heterocycles. The third-order valence-corrected chi connectivity index (χ3v) is 9.23. The van der Waals surface area contributed by atoms with Crippen molar-refractivity contribution < 1.29 is 9.47 Å². The van der Waals surface area contributed by atoms with Crippen LogP contribution in [0.25, 0.3) is 9.81 Å². The van der Waals surface area contributed by atoms with Crippen molar-refractivity contribution in [2.45, 2.75) is 0 Å². The highest BCUT2D eigenvalue weighted by Crippen LogP contribution is 2.58. The number of rotatable bonds is 4. The molecule has 0 fully saturated rings. The van der Waals surface area contributed by atoms with E-state index in [0.29, 0.717) is 0 Å². The molecule has 0 aliphatic carbocycles. The van der Waals surface area contributed by atoms with Gasteiger partial charge in [-0.15, -0.1) is 0 Å². The molecule has 4 rings (SSSR count). The van der Waals surface area contributed by atoms with E-state index in [4.69, 9.17) is 9.47 Å². The first-order chi connectivity index (χ1) is 12.8. The van der Waals surface area contributed by atoms with Crippen molar-refractivity contribution in [1.82, 2.24) is 0 Å². The third kappa shape index (κ3) is 3.83. The van der Waals surface area contributed by atoms with E-state index in [-0.39, 0.29) is 0 Å². The van der Waals surface area contributed by atoms with E-state index in [1.54, 1.807) is 14.2 Å². The second-order valence-corrected chi connectivity index (χ2v) is 9.82. The Morgan fingerprint density at radius 3 is 1.31 bits per heavy atom. The molecule has 0 saturated carbocycles. The van der Waals surface area contributed by atoms with E-state index in [0.717, 1.165) is 11.5 Å². The Morgan fingerprint density at radius 2 is 0.962 bits per heavy atom. The summed E-state index contributed by atoms with van der Waals surface area (Å²) in [4.78, 5) is 2.58. The SMILES string of the molecule is COc1ccc(C2=CS/C(=C3/SC=C(c4ccc(OC)cc4)S3)S2)cc1. The molecular formula is C20H16O2S4. The largest absolute Gasteiger partial charge is 0.497 e. The Hall–Kier alpha value is -1.34. The normalized spacial score (nSPS) is 19.3. The topological polar surface area (TPSA) is 18.5 Å². The molecule has 0 N–H and O–H groups in total. The molecule has 2 nitrogen and oxygen atoms in total. The molecule has 0 unspecified atom stereocenters. The highest BCUT2D eigenvalue weighted by molar-refractivity contribution is 8.36. The maximum absolute atomic E-state index is 5.24. The zero-order valence-electron chi connectivity index (χ0n) is 14.2. The maximum Gasteiger partial charge on any atom is 0.118 e. The van der Waals surface area contributed by atoms with Gasteiger partial charge in [-0.3, -0.25) is 0 Å². The van der Waals surface area contributed by atoms with Crippen LogP contribution in [0.2, 0.25) is 0 Å². The lowest BCUT2D eigenvalue weighted by molar-refractivity contribution is 0.414. The predicted molar refractivity (Wildman–Crippen MR) is 119 cm³/mol. The Bertz CT molecular complexity index is 821. The van der Waals surface area contributed by atoms with Crippen LogP contribution in [0.15, 0.2) is 67.8 Å². The highest BCUT2D eigenvalue weighted by atomic mass is 32.2. The zero-order valence-corrected chi connectivity index (χ0v) is 17.5. The summed E-state index contributed by atoms with van der Waals surface area (Å²) >= 11 is 7.31. The van der Waals surface area contributed by atoms with E-state index in [2.05, 4.69) is 35.1 Å². The van der Waals surface area contributed by atoms with E-state index in [1.165, 1.54) is 29.4 Å². The van der Waals surface area contributed by atoms with Crippen molar-refractivity contribution in [3.8, 4) is 11.5 Å². The third-order valence-electron chi connectivity index (χ3n) is 3.87. The first-order valence-corrected chi connectivity index (χ1v) is 11.3. The monoisotopic (exact) mass is 416 g/mol. The summed E-state index contributed by atoms with van der Waals surface area (Å²) in [6.45, 7) is 0. The van der Waals surface area contributed by atoms with E-state index in [1.807, 2.05) is 71.3 Å². The molecule has 132 valence electrons. The molecule has 0 bridgehead atoms. The van der Waals surface area contributed by atoms with Crippen LogP contribution in [0.1, 0.15) is 11.1 Å². The second-order valence-electron chi connectivity index (χ2n) is 5.44. The van der Waals surface area contributed by atoms with Gasteiger partial charge in [0.2, 0.25) is 0 Å². The maximum atomic E-state index is 5.24. The van der Waals surface area contributed by atoms with Crippen LogP contribution in [-0.4, -0.2) is 14.2 Å². The van der Waals surface area contributed by atoms with Crippen molar-refractivity contribution in [2.75, 3.05) is 14.2 Å². The lowest BCUT2D eigenvalue weighted by Crippen LogP contribution is -1.83. The molecule has 0 atom stereocenters. The Labute approximate surface area is 170 Å². The average Bonchev–Trinajstić information content (AvgIpc) is 3.38. The van der Waals surface area contributed by atoms with Gasteiger partial charge in [-0.25, -0.2) is 0 Å². The minimum Gasteiger partial charge on any atom is -0.497 e. The van der Waals surface area contributed by atoms with Crippen LogP contribution in [-0.2, 0) is 0 Å². The van der Waals surface area contributed by atoms with Gasteiger partial charge in [0.25, 0.3) is 0 Å². The first kappa shape index (κ1) is 18.0. The summed E-state index contributed by atoms with van der Waals surface area (Å²) < 4.78 is 13.2. The van der Waals surface area contributed by atoms with Crippen molar-refractivity contribution in [2.24, 2.45) is 0 Å². The minimum atomic E-state index is 0.888. The zero-order chi connectivity index (χ0) is 17.9. The summed E-state index contributed by atoms with van der Waals surface area (Å²) in [6.07, 6.45) is 0. The van der Waals surface area contributed by atoms with Gasteiger partial charge in [0.15, 0.2) is 0 Å². The highest BCUT2D eigenvalue weighted by Gasteiger charge is 2.23. The molecule has 2 aliphatic heterocycles. The number of ether oxygens (including phenoxy) is 2. The van der Waals surface area contributed by atoms with Crippen LogP contribution in [0.3, 0.4) is 0 Å². The van der Waals surface area contributed by atoms with Gasteiger partial charge in [0, 0.05) is 9.81 Å². The summed E-state index contributed by atoms with van der Waals surface area (Å²) in [6, 6.07) is 16.5. The van der Waals surface area contributed by atoms with Gasteiger partial charge in [-0.2, -0.15) is 0 Å². The van der Waals surface area contributed by atoms with Crippen LogP contribution < -0.4 is 9.47 Å². The fourth-order valence-corrected chi connectivity index (χ4v) is 7.38. The van der Waals surface area contributed by atoms with Crippen molar-refractivity contribution in [1.29, 1.82) is 0 Å². The van der Waals surface area contributed by atoms with Crippen molar-refractivity contribution in [3.05, 3.63) is 78.9 Å². The lowest BCUT2D eigenvalue weighted by atomic mass is 10.2. The van der Waals surface area contributed by atoms with Gasteiger partial charge in [-0.05, 0) is 46.2 Å². The number of hydrogen-bond acceptors (Lipinski definition) is 6. The number of methoxy groups -OCH3 is 2. The second kappa shape index (κ2) is 8.13. The van der Waals surface area contributed by atoms with Gasteiger partial charge in [0.05, 0.1) is 22.7 Å². The van der Waals surface area contributed by atoms with E-state index >= 15 is 0 Å². The van der Waals surface area contributed by atoms with Crippen molar-refractivity contribution in [3.63, 3.8) is 0 Å². The van der Waals surface area contributed by atoms with Crippen LogP contribution >= 0.6 is 47.0 Å². The Kier molecular flexibility index (Phi) is 5.64. The predicted octanol–water partition coefficient (Wildman–Crippen LogP) is 7.09.